The summed E-state index contributed by atoms with van der Waals surface area (Å²) in [5.41, 5.74) is 0. The Hall–Kier alpha value is 0.260. The molecular formula is C11H20N2S3. The number of thiol groups is 1. The second-order valence-corrected chi connectivity index (χ2v) is 8.18. The smallest absolute Gasteiger partial charge is 0.131 e. The van der Waals surface area contributed by atoms with Gasteiger partial charge in [0.2, 0.25) is 0 Å². The van der Waals surface area contributed by atoms with Crippen LogP contribution >= 0.6 is 35.7 Å². The third-order valence-corrected chi connectivity index (χ3v) is 4.79. The zero-order valence-corrected chi connectivity index (χ0v) is 12.7. The van der Waals surface area contributed by atoms with E-state index in [4.69, 9.17) is 0 Å². The highest BCUT2D eigenvalue weighted by molar-refractivity contribution is 8.02. The van der Waals surface area contributed by atoms with E-state index in [1.54, 1.807) is 11.3 Å². The lowest BCUT2D eigenvalue weighted by Crippen LogP contribution is -2.13. The molecule has 1 aromatic rings. The Kier molecular flexibility index (Phi) is 6.15. The lowest BCUT2D eigenvalue weighted by Gasteiger charge is -2.22. The molecule has 0 saturated carbocycles. The molecule has 1 heterocycles. The molecule has 0 unspecified atom stereocenters. The van der Waals surface area contributed by atoms with E-state index in [0.29, 0.717) is 0 Å². The van der Waals surface area contributed by atoms with Crippen molar-refractivity contribution >= 4 is 35.7 Å². The van der Waals surface area contributed by atoms with Crippen LogP contribution in [-0.4, -0.2) is 14.9 Å². The Bertz CT molecular complexity index is 310. The summed E-state index contributed by atoms with van der Waals surface area (Å²) >= 11 is 7.57. The molecule has 0 saturated heterocycles. The van der Waals surface area contributed by atoms with Crippen molar-refractivity contribution in [1.82, 2.24) is 10.2 Å². The predicted molar refractivity (Wildman–Crippen MR) is 75.9 cm³/mol. The fraction of sp³-hybridized carbons (Fsp3) is 0.818. The molecule has 0 aliphatic rings. The van der Waals surface area contributed by atoms with Gasteiger partial charge < -0.3 is 0 Å². The number of nitrogens with zero attached hydrogens (tertiary/aromatic N) is 2. The Labute approximate surface area is 112 Å². The molecule has 0 fully saturated rings. The molecule has 1 rings (SSSR count). The number of hydrogen-bond acceptors (Lipinski definition) is 5. The minimum Gasteiger partial charge on any atom is -0.131 e. The maximum atomic E-state index is 4.18. The van der Waals surface area contributed by atoms with Crippen molar-refractivity contribution in [1.29, 1.82) is 0 Å². The molecule has 0 N–H and O–H groups in total. The van der Waals surface area contributed by atoms with Crippen molar-refractivity contribution in [2.75, 3.05) is 0 Å². The normalized spacial score (nSPS) is 12.0. The first-order chi connectivity index (χ1) is 7.53. The van der Waals surface area contributed by atoms with Crippen LogP contribution in [0.3, 0.4) is 0 Å². The highest BCUT2D eigenvalue weighted by atomic mass is 32.2. The van der Waals surface area contributed by atoms with Crippen LogP contribution in [0.1, 0.15) is 52.9 Å². The minimum absolute atomic E-state index is 0.257. The second-order valence-electron chi connectivity index (χ2n) is 4.52. The van der Waals surface area contributed by atoms with Gasteiger partial charge in [-0.1, -0.05) is 69.6 Å². The fourth-order valence-corrected chi connectivity index (χ4v) is 4.20. The summed E-state index contributed by atoms with van der Waals surface area (Å²) in [4.78, 5) is 0. The van der Waals surface area contributed by atoms with E-state index < -0.39 is 0 Å². The summed E-state index contributed by atoms with van der Waals surface area (Å²) in [6.07, 6.45) is 6.53. The number of hydrogen-bond donors (Lipinski definition) is 1. The van der Waals surface area contributed by atoms with Gasteiger partial charge in [-0.15, -0.1) is 22.8 Å². The van der Waals surface area contributed by atoms with Gasteiger partial charge in [0, 0.05) is 4.75 Å². The third kappa shape index (κ3) is 5.55. The number of thioether (sulfide) groups is 1. The molecule has 0 aliphatic heterocycles. The summed E-state index contributed by atoms with van der Waals surface area (Å²) in [7, 11) is 0. The van der Waals surface area contributed by atoms with Gasteiger partial charge in [-0.3, -0.25) is 0 Å². The molecule has 1 aromatic heterocycles. The quantitative estimate of drug-likeness (QED) is 0.445. The van der Waals surface area contributed by atoms with Crippen LogP contribution in [0.2, 0.25) is 0 Å². The molecule has 0 spiro atoms. The lowest BCUT2D eigenvalue weighted by atomic mass is 10.0. The maximum absolute atomic E-state index is 4.18. The Morgan fingerprint density at radius 2 is 2.00 bits per heavy atom. The number of unbranched alkanes of at least 4 members (excludes halogenated alkanes) is 3. The average molecular weight is 276 g/mol. The van der Waals surface area contributed by atoms with Crippen molar-refractivity contribution < 1.29 is 0 Å². The van der Waals surface area contributed by atoms with E-state index in [1.807, 2.05) is 11.8 Å². The SMILES string of the molecule is CCCCCCC(C)(C)Sc1nnc(S)s1. The molecule has 5 heteroatoms. The first-order valence-corrected chi connectivity index (χ1v) is 7.83. The van der Waals surface area contributed by atoms with E-state index in [0.717, 1.165) is 8.68 Å². The Balaban J connectivity index is 2.33. The fourth-order valence-electron chi connectivity index (χ4n) is 1.51. The standard InChI is InChI=1S/C11H20N2S3/c1-4-5-6-7-8-11(2,3)16-10-13-12-9(14)15-10/h4-8H2,1-3H3,(H,12,14). The van der Waals surface area contributed by atoms with Gasteiger partial charge in [0.05, 0.1) is 0 Å². The zero-order chi connectivity index (χ0) is 12.0. The van der Waals surface area contributed by atoms with Gasteiger partial charge in [-0.05, 0) is 6.42 Å². The van der Waals surface area contributed by atoms with Crippen LogP contribution < -0.4 is 0 Å². The van der Waals surface area contributed by atoms with Crippen LogP contribution in [0, 0.1) is 0 Å². The van der Waals surface area contributed by atoms with Gasteiger partial charge in [-0.25, -0.2) is 0 Å². The van der Waals surface area contributed by atoms with Crippen molar-refractivity contribution in [2.45, 2.75) is 66.3 Å². The van der Waals surface area contributed by atoms with Crippen LogP contribution in [0.25, 0.3) is 0 Å². The first-order valence-electron chi connectivity index (χ1n) is 5.75. The average Bonchev–Trinajstić information content (AvgIpc) is 2.58. The molecular weight excluding hydrogens is 256 g/mol. The molecule has 0 bridgehead atoms. The van der Waals surface area contributed by atoms with E-state index in [1.165, 1.54) is 32.1 Å². The molecule has 16 heavy (non-hydrogen) atoms. The van der Waals surface area contributed by atoms with Gasteiger partial charge in [-0.2, -0.15) is 0 Å². The van der Waals surface area contributed by atoms with Crippen LogP contribution in [0.4, 0.5) is 0 Å². The largest absolute Gasteiger partial charge is 0.175 e. The predicted octanol–water partition coefficient (Wildman–Crippen LogP) is 4.67. The summed E-state index contributed by atoms with van der Waals surface area (Å²) in [5.74, 6) is 0. The highest BCUT2D eigenvalue weighted by Gasteiger charge is 2.21. The number of rotatable bonds is 7. The molecule has 0 radical (unpaired) electrons. The Morgan fingerprint density at radius 1 is 1.25 bits per heavy atom. The van der Waals surface area contributed by atoms with Gasteiger partial charge in [0.15, 0.2) is 8.68 Å². The first kappa shape index (κ1) is 14.3. The summed E-state index contributed by atoms with van der Waals surface area (Å²) in [5, 5.41) is 8.02. The van der Waals surface area contributed by atoms with Crippen LogP contribution in [0.15, 0.2) is 8.68 Å². The monoisotopic (exact) mass is 276 g/mol. The molecule has 0 atom stereocenters. The molecule has 0 amide bonds. The number of aromatic nitrogens is 2. The van der Waals surface area contributed by atoms with Crippen LogP contribution in [-0.2, 0) is 0 Å². The topological polar surface area (TPSA) is 25.8 Å². The van der Waals surface area contributed by atoms with E-state index in [2.05, 4.69) is 43.6 Å². The summed E-state index contributed by atoms with van der Waals surface area (Å²) < 4.78 is 2.04. The molecule has 0 aliphatic carbocycles. The van der Waals surface area contributed by atoms with E-state index in [-0.39, 0.29) is 4.75 Å². The molecule has 2 nitrogen and oxygen atoms in total. The summed E-state index contributed by atoms with van der Waals surface area (Å²) in [6.45, 7) is 6.81. The second kappa shape index (κ2) is 6.87. The molecule has 0 aromatic carbocycles. The van der Waals surface area contributed by atoms with Crippen molar-refractivity contribution in [3.8, 4) is 0 Å². The van der Waals surface area contributed by atoms with Crippen molar-refractivity contribution in [3.63, 3.8) is 0 Å². The third-order valence-electron chi connectivity index (χ3n) is 2.39. The van der Waals surface area contributed by atoms with Crippen LogP contribution in [0.5, 0.6) is 0 Å². The highest BCUT2D eigenvalue weighted by Crippen LogP contribution is 2.38. The summed E-state index contributed by atoms with van der Waals surface area (Å²) in [6, 6.07) is 0. The lowest BCUT2D eigenvalue weighted by molar-refractivity contribution is 0.558. The van der Waals surface area contributed by atoms with Gasteiger partial charge >= 0.3 is 0 Å². The minimum atomic E-state index is 0.257. The molecule has 92 valence electrons. The van der Waals surface area contributed by atoms with Gasteiger partial charge in [0.25, 0.3) is 0 Å². The van der Waals surface area contributed by atoms with Crippen molar-refractivity contribution in [3.05, 3.63) is 0 Å². The Morgan fingerprint density at radius 3 is 2.56 bits per heavy atom. The zero-order valence-electron chi connectivity index (χ0n) is 10.2. The van der Waals surface area contributed by atoms with E-state index >= 15 is 0 Å². The van der Waals surface area contributed by atoms with Gasteiger partial charge in [0.1, 0.15) is 0 Å². The maximum Gasteiger partial charge on any atom is 0.175 e. The van der Waals surface area contributed by atoms with Crippen molar-refractivity contribution in [2.24, 2.45) is 0 Å². The van der Waals surface area contributed by atoms with E-state index in [9.17, 15) is 0 Å².